The number of carbonyl (C=O) groups excluding carboxylic acids is 1. The van der Waals surface area contributed by atoms with Gasteiger partial charge in [0.05, 0.1) is 24.1 Å². The highest BCUT2D eigenvalue weighted by Crippen LogP contribution is 2.19. The first-order chi connectivity index (χ1) is 14.1. The number of hydrogen-bond acceptors (Lipinski definition) is 6. The summed E-state index contributed by atoms with van der Waals surface area (Å²) in [5.74, 6) is 2.49. The van der Waals surface area contributed by atoms with Crippen LogP contribution in [0.15, 0.2) is 51.6 Å². The molecular weight excluding hydrogens is 370 g/mol. The molecule has 2 aromatic heterocycles. The van der Waals surface area contributed by atoms with Crippen molar-refractivity contribution < 1.29 is 18.5 Å². The Morgan fingerprint density at radius 2 is 1.86 bits per heavy atom. The summed E-state index contributed by atoms with van der Waals surface area (Å²) in [7, 11) is 0. The molecule has 0 atom stereocenters. The van der Waals surface area contributed by atoms with E-state index in [4.69, 9.17) is 13.7 Å². The molecule has 1 amide bonds. The van der Waals surface area contributed by atoms with Gasteiger partial charge in [-0.1, -0.05) is 5.16 Å². The smallest absolute Gasteiger partial charge is 0.253 e. The summed E-state index contributed by atoms with van der Waals surface area (Å²) in [4.78, 5) is 17.0. The van der Waals surface area contributed by atoms with Crippen molar-refractivity contribution in [3.05, 3.63) is 71.0 Å². The van der Waals surface area contributed by atoms with Gasteiger partial charge in [0.1, 0.15) is 23.9 Å². The molecule has 29 heavy (non-hydrogen) atoms. The minimum absolute atomic E-state index is 0.0555. The number of benzene rings is 1. The Morgan fingerprint density at radius 3 is 2.48 bits per heavy atom. The van der Waals surface area contributed by atoms with Crippen molar-refractivity contribution in [3.8, 4) is 5.75 Å². The van der Waals surface area contributed by atoms with Crippen LogP contribution in [0.3, 0.4) is 0 Å². The minimum Gasteiger partial charge on any atom is -0.489 e. The molecule has 0 bridgehead atoms. The molecule has 0 unspecified atom stereocenters. The number of aryl methyl sites for hydroxylation is 2. The summed E-state index contributed by atoms with van der Waals surface area (Å²) in [5, 5.41) is 3.93. The molecule has 1 aliphatic rings. The molecule has 1 fully saturated rings. The van der Waals surface area contributed by atoms with E-state index in [0.717, 1.165) is 42.4 Å². The Balaban J connectivity index is 1.29. The van der Waals surface area contributed by atoms with Gasteiger partial charge in [0.2, 0.25) is 0 Å². The molecule has 1 aromatic carbocycles. The topological polar surface area (TPSA) is 72.0 Å². The lowest BCUT2D eigenvalue weighted by Crippen LogP contribution is -2.48. The predicted molar refractivity (Wildman–Crippen MR) is 107 cm³/mol. The van der Waals surface area contributed by atoms with Crippen LogP contribution >= 0.6 is 0 Å². The monoisotopic (exact) mass is 395 g/mol. The van der Waals surface area contributed by atoms with Gasteiger partial charge in [-0.25, -0.2) is 0 Å². The minimum atomic E-state index is 0.0555. The SMILES string of the molecule is Cc1noc(C)c1COc1ccc(C(=O)N2CCN(Cc3ccco3)CC2)cc1. The highest BCUT2D eigenvalue weighted by atomic mass is 16.5. The van der Waals surface area contributed by atoms with E-state index in [0.29, 0.717) is 31.0 Å². The van der Waals surface area contributed by atoms with Crippen molar-refractivity contribution in [3.63, 3.8) is 0 Å². The van der Waals surface area contributed by atoms with Gasteiger partial charge in [-0.15, -0.1) is 0 Å². The summed E-state index contributed by atoms with van der Waals surface area (Å²) in [6.45, 7) is 8.04. The first kappa shape index (κ1) is 19.3. The van der Waals surface area contributed by atoms with E-state index in [2.05, 4.69) is 10.1 Å². The Hall–Kier alpha value is -3.06. The van der Waals surface area contributed by atoms with Crippen molar-refractivity contribution >= 4 is 5.91 Å². The van der Waals surface area contributed by atoms with E-state index in [1.807, 2.05) is 55.1 Å². The number of aromatic nitrogens is 1. The van der Waals surface area contributed by atoms with Crippen LogP contribution < -0.4 is 4.74 Å². The van der Waals surface area contributed by atoms with Crippen molar-refractivity contribution in [2.75, 3.05) is 26.2 Å². The Bertz CT molecular complexity index is 920. The average Bonchev–Trinajstić information content (AvgIpc) is 3.37. The lowest BCUT2D eigenvalue weighted by atomic mass is 10.1. The van der Waals surface area contributed by atoms with Gasteiger partial charge < -0.3 is 18.6 Å². The Labute approximate surface area is 169 Å². The standard InChI is InChI=1S/C22H25N3O4/c1-16-21(17(2)29-23-16)15-28-19-7-5-18(6-8-19)22(26)25-11-9-24(10-12-25)14-20-4-3-13-27-20/h3-8,13H,9-12,14-15H2,1-2H3. The molecule has 4 rings (SSSR count). The average molecular weight is 395 g/mol. The van der Waals surface area contributed by atoms with Crippen molar-refractivity contribution in [1.82, 2.24) is 15.0 Å². The summed E-state index contributed by atoms with van der Waals surface area (Å²) in [5.41, 5.74) is 2.47. The van der Waals surface area contributed by atoms with Crippen LogP contribution in [0.2, 0.25) is 0 Å². The Kier molecular flexibility index (Phi) is 5.67. The van der Waals surface area contributed by atoms with E-state index >= 15 is 0 Å². The normalized spacial score (nSPS) is 14.9. The molecule has 0 saturated carbocycles. The third kappa shape index (κ3) is 4.51. The predicted octanol–water partition coefficient (Wildman–Crippen LogP) is 3.42. The maximum absolute atomic E-state index is 12.8. The first-order valence-corrected chi connectivity index (χ1v) is 9.79. The molecule has 1 saturated heterocycles. The van der Waals surface area contributed by atoms with E-state index in [9.17, 15) is 4.79 Å². The second-order valence-electron chi connectivity index (χ2n) is 7.26. The number of nitrogens with zero attached hydrogens (tertiary/aromatic N) is 3. The molecule has 0 N–H and O–H groups in total. The summed E-state index contributed by atoms with van der Waals surface area (Å²) in [6, 6.07) is 11.2. The maximum atomic E-state index is 12.8. The van der Waals surface area contributed by atoms with Crippen LogP contribution in [0, 0.1) is 13.8 Å². The van der Waals surface area contributed by atoms with E-state index in [-0.39, 0.29) is 5.91 Å². The van der Waals surface area contributed by atoms with Crippen LogP contribution in [-0.2, 0) is 13.2 Å². The van der Waals surface area contributed by atoms with Gasteiger partial charge in [0.15, 0.2) is 0 Å². The quantitative estimate of drug-likeness (QED) is 0.637. The lowest BCUT2D eigenvalue weighted by Gasteiger charge is -2.34. The molecule has 3 heterocycles. The van der Waals surface area contributed by atoms with Crippen LogP contribution in [0.25, 0.3) is 0 Å². The van der Waals surface area contributed by atoms with Crippen LogP contribution in [0.1, 0.15) is 33.1 Å². The molecule has 3 aromatic rings. The highest BCUT2D eigenvalue weighted by molar-refractivity contribution is 5.94. The number of carbonyl (C=O) groups is 1. The third-order valence-corrected chi connectivity index (χ3v) is 5.28. The molecule has 7 heteroatoms. The van der Waals surface area contributed by atoms with Gasteiger partial charge >= 0.3 is 0 Å². The second-order valence-corrected chi connectivity index (χ2v) is 7.26. The number of amides is 1. The zero-order valence-electron chi connectivity index (χ0n) is 16.8. The zero-order valence-corrected chi connectivity index (χ0v) is 16.8. The first-order valence-electron chi connectivity index (χ1n) is 9.79. The van der Waals surface area contributed by atoms with E-state index < -0.39 is 0 Å². The molecule has 0 spiro atoms. The highest BCUT2D eigenvalue weighted by Gasteiger charge is 2.22. The zero-order chi connectivity index (χ0) is 20.2. The van der Waals surface area contributed by atoms with E-state index in [1.54, 1.807) is 6.26 Å². The maximum Gasteiger partial charge on any atom is 0.253 e. The number of piperazine rings is 1. The summed E-state index contributed by atoms with van der Waals surface area (Å²) in [6.07, 6.45) is 1.69. The third-order valence-electron chi connectivity index (χ3n) is 5.28. The molecular formula is C22H25N3O4. The Morgan fingerprint density at radius 1 is 1.10 bits per heavy atom. The summed E-state index contributed by atoms with van der Waals surface area (Å²) < 4.78 is 16.4. The van der Waals surface area contributed by atoms with Gasteiger partial charge in [0, 0.05) is 31.7 Å². The van der Waals surface area contributed by atoms with Crippen molar-refractivity contribution in [2.24, 2.45) is 0 Å². The fourth-order valence-electron chi connectivity index (χ4n) is 3.47. The summed E-state index contributed by atoms with van der Waals surface area (Å²) >= 11 is 0. The number of hydrogen-bond donors (Lipinski definition) is 0. The number of furan rings is 1. The number of ether oxygens (including phenoxy) is 1. The van der Waals surface area contributed by atoms with Gasteiger partial charge in [-0.3, -0.25) is 9.69 Å². The molecule has 7 nitrogen and oxygen atoms in total. The van der Waals surface area contributed by atoms with Crippen molar-refractivity contribution in [1.29, 1.82) is 0 Å². The van der Waals surface area contributed by atoms with Crippen LogP contribution in [0.4, 0.5) is 0 Å². The van der Waals surface area contributed by atoms with Gasteiger partial charge in [-0.05, 0) is 50.2 Å². The molecule has 152 valence electrons. The second kappa shape index (κ2) is 8.53. The van der Waals surface area contributed by atoms with Crippen molar-refractivity contribution in [2.45, 2.75) is 27.0 Å². The van der Waals surface area contributed by atoms with Crippen LogP contribution in [0.5, 0.6) is 5.75 Å². The fraction of sp³-hybridized carbons (Fsp3) is 0.364. The largest absolute Gasteiger partial charge is 0.489 e. The molecule has 0 aliphatic carbocycles. The fourth-order valence-corrected chi connectivity index (χ4v) is 3.47. The van der Waals surface area contributed by atoms with Gasteiger partial charge in [0.25, 0.3) is 5.91 Å². The molecule has 1 aliphatic heterocycles. The lowest BCUT2D eigenvalue weighted by molar-refractivity contribution is 0.0620. The van der Waals surface area contributed by atoms with Gasteiger partial charge in [-0.2, -0.15) is 0 Å². The van der Waals surface area contributed by atoms with Crippen LogP contribution in [-0.4, -0.2) is 47.0 Å². The molecule has 0 radical (unpaired) electrons. The number of rotatable bonds is 6. The van der Waals surface area contributed by atoms with E-state index in [1.165, 1.54) is 0 Å².